The van der Waals surface area contributed by atoms with Crippen LogP contribution in [0.2, 0.25) is 0 Å². The first-order valence-electron chi connectivity index (χ1n) is 12.7. The zero-order valence-electron chi connectivity index (χ0n) is 22.4. The summed E-state index contributed by atoms with van der Waals surface area (Å²) in [6.07, 6.45) is 1.26. The van der Waals surface area contributed by atoms with E-state index in [0.717, 1.165) is 5.56 Å². The summed E-state index contributed by atoms with van der Waals surface area (Å²) < 4.78 is 0. The molecule has 0 aliphatic carbocycles. The second kappa shape index (κ2) is 15.2. The van der Waals surface area contributed by atoms with Gasteiger partial charge in [0.25, 0.3) is 0 Å². The number of amides is 3. The highest BCUT2D eigenvalue weighted by Crippen LogP contribution is 2.11. The highest BCUT2D eigenvalue weighted by molar-refractivity contribution is 5.94. The highest BCUT2D eigenvalue weighted by Gasteiger charge is 2.31. The standard InChI is InChI=1S/C27H44N4O5/c1-16(2)12-20(28)24(32)29-21(13-17(3)4)25(33)30-22(15-19-10-8-7-9-11-19)26(34)31-23(27(35)36)14-18(5)6/h7-11,16-18,20-23H,12-15,28H2,1-6H3,(H,29,32)(H,30,33)(H,31,34)(H,35,36). The molecule has 0 aliphatic rings. The molecular formula is C27H44N4O5. The molecule has 3 amide bonds. The van der Waals surface area contributed by atoms with Crippen LogP contribution in [0, 0.1) is 17.8 Å². The quantitative estimate of drug-likeness (QED) is 0.247. The van der Waals surface area contributed by atoms with Gasteiger partial charge in [-0.15, -0.1) is 0 Å². The summed E-state index contributed by atoms with van der Waals surface area (Å²) in [4.78, 5) is 50.8. The summed E-state index contributed by atoms with van der Waals surface area (Å²) in [7, 11) is 0. The molecule has 9 nitrogen and oxygen atoms in total. The SMILES string of the molecule is CC(C)CC(N)C(=O)NC(CC(C)C)C(=O)NC(Cc1ccccc1)C(=O)NC(CC(C)C)C(=O)O. The summed E-state index contributed by atoms with van der Waals surface area (Å²) in [5.74, 6) is -2.30. The predicted octanol–water partition coefficient (Wildman–Crippen LogP) is 2.23. The molecule has 1 rings (SSSR count). The van der Waals surface area contributed by atoms with Crippen molar-refractivity contribution in [3.8, 4) is 0 Å². The number of hydrogen-bond donors (Lipinski definition) is 5. The van der Waals surface area contributed by atoms with Crippen molar-refractivity contribution in [2.45, 2.75) is 91.4 Å². The molecule has 36 heavy (non-hydrogen) atoms. The Morgan fingerprint density at radius 2 is 1.14 bits per heavy atom. The Kier molecular flexibility index (Phi) is 13.2. The number of aliphatic carboxylic acids is 1. The van der Waals surface area contributed by atoms with Crippen molar-refractivity contribution in [2.75, 3.05) is 0 Å². The van der Waals surface area contributed by atoms with Gasteiger partial charge in [-0.1, -0.05) is 71.9 Å². The van der Waals surface area contributed by atoms with Crippen molar-refractivity contribution < 1.29 is 24.3 Å². The normalized spacial score (nSPS) is 14.7. The number of rotatable bonds is 15. The van der Waals surface area contributed by atoms with E-state index >= 15 is 0 Å². The van der Waals surface area contributed by atoms with E-state index in [1.807, 2.05) is 71.9 Å². The van der Waals surface area contributed by atoms with Crippen LogP contribution < -0.4 is 21.7 Å². The number of nitrogens with one attached hydrogen (secondary N) is 3. The second-order valence-corrected chi connectivity index (χ2v) is 10.7. The minimum atomic E-state index is -1.13. The van der Waals surface area contributed by atoms with Crippen molar-refractivity contribution in [1.82, 2.24) is 16.0 Å². The molecule has 0 fully saturated rings. The summed E-state index contributed by atoms with van der Waals surface area (Å²) in [6, 6.07) is 5.41. The van der Waals surface area contributed by atoms with Crippen LogP contribution in [0.3, 0.4) is 0 Å². The van der Waals surface area contributed by atoms with Crippen LogP contribution in [0.1, 0.15) is 66.4 Å². The zero-order chi connectivity index (χ0) is 27.4. The van der Waals surface area contributed by atoms with Crippen LogP contribution >= 0.6 is 0 Å². The molecule has 0 saturated carbocycles. The molecule has 0 aliphatic heterocycles. The number of carboxylic acid groups (broad SMARTS) is 1. The largest absolute Gasteiger partial charge is 0.480 e. The van der Waals surface area contributed by atoms with Crippen molar-refractivity contribution in [3.05, 3.63) is 35.9 Å². The predicted molar refractivity (Wildman–Crippen MR) is 140 cm³/mol. The van der Waals surface area contributed by atoms with E-state index in [1.54, 1.807) is 0 Å². The Bertz CT molecular complexity index is 857. The molecule has 202 valence electrons. The first-order valence-corrected chi connectivity index (χ1v) is 12.7. The van der Waals surface area contributed by atoms with Crippen molar-refractivity contribution >= 4 is 23.7 Å². The maximum Gasteiger partial charge on any atom is 0.326 e. The van der Waals surface area contributed by atoms with Crippen molar-refractivity contribution in [2.24, 2.45) is 23.5 Å². The molecule has 4 unspecified atom stereocenters. The van der Waals surface area contributed by atoms with Crippen molar-refractivity contribution in [3.63, 3.8) is 0 Å². The summed E-state index contributed by atoms with van der Waals surface area (Å²) in [6.45, 7) is 11.5. The van der Waals surface area contributed by atoms with Gasteiger partial charge in [-0.3, -0.25) is 14.4 Å². The maximum absolute atomic E-state index is 13.3. The monoisotopic (exact) mass is 504 g/mol. The van der Waals surface area contributed by atoms with Gasteiger partial charge in [-0.05, 0) is 42.6 Å². The zero-order valence-corrected chi connectivity index (χ0v) is 22.4. The van der Waals surface area contributed by atoms with E-state index in [9.17, 15) is 24.3 Å². The van der Waals surface area contributed by atoms with E-state index in [1.165, 1.54) is 0 Å². The van der Waals surface area contributed by atoms with Crippen LogP contribution in [-0.2, 0) is 25.6 Å². The lowest BCUT2D eigenvalue weighted by atomic mass is 9.99. The molecule has 0 aromatic heterocycles. The van der Waals surface area contributed by atoms with Crippen LogP contribution in [0.25, 0.3) is 0 Å². The lowest BCUT2D eigenvalue weighted by molar-refractivity contribution is -0.142. The van der Waals surface area contributed by atoms with Gasteiger partial charge in [0.15, 0.2) is 0 Å². The lowest BCUT2D eigenvalue weighted by Gasteiger charge is -2.26. The van der Waals surface area contributed by atoms with E-state index in [4.69, 9.17) is 5.73 Å². The number of nitrogens with two attached hydrogens (primary N) is 1. The van der Waals surface area contributed by atoms with Crippen LogP contribution in [0.5, 0.6) is 0 Å². The van der Waals surface area contributed by atoms with E-state index < -0.39 is 47.9 Å². The molecule has 1 aromatic rings. The molecule has 4 atom stereocenters. The molecule has 0 saturated heterocycles. The molecule has 9 heteroatoms. The molecule has 0 radical (unpaired) electrons. The van der Waals surface area contributed by atoms with E-state index in [-0.39, 0.29) is 30.6 Å². The summed E-state index contributed by atoms with van der Waals surface area (Å²) in [5, 5.41) is 17.6. The van der Waals surface area contributed by atoms with Crippen LogP contribution in [0.4, 0.5) is 0 Å². The van der Waals surface area contributed by atoms with Gasteiger partial charge < -0.3 is 26.8 Å². The van der Waals surface area contributed by atoms with Gasteiger partial charge >= 0.3 is 5.97 Å². The Morgan fingerprint density at radius 1 is 0.694 bits per heavy atom. The highest BCUT2D eigenvalue weighted by atomic mass is 16.4. The molecule has 6 N–H and O–H groups in total. The fraction of sp³-hybridized carbons (Fsp3) is 0.630. The lowest BCUT2D eigenvalue weighted by Crippen LogP contribution is -2.58. The first-order chi connectivity index (χ1) is 16.8. The van der Waals surface area contributed by atoms with Crippen molar-refractivity contribution in [1.29, 1.82) is 0 Å². The minimum absolute atomic E-state index is 0.0502. The molecular weight excluding hydrogens is 460 g/mol. The number of hydrogen-bond acceptors (Lipinski definition) is 5. The average Bonchev–Trinajstić information content (AvgIpc) is 2.77. The average molecular weight is 505 g/mol. The Morgan fingerprint density at radius 3 is 1.64 bits per heavy atom. The third-order valence-corrected chi connectivity index (χ3v) is 5.64. The maximum atomic E-state index is 13.3. The topological polar surface area (TPSA) is 151 Å². The fourth-order valence-electron chi connectivity index (χ4n) is 3.89. The minimum Gasteiger partial charge on any atom is -0.480 e. The second-order valence-electron chi connectivity index (χ2n) is 10.7. The number of carbonyl (C=O) groups excluding carboxylic acids is 3. The van der Waals surface area contributed by atoms with Gasteiger partial charge in [0.05, 0.1) is 6.04 Å². The first kappa shape index (κ1) is 31.1. The summed E-state index contributed by atoms with van der Waals surface area (Å²) in [5.41, 5.74) is 6.81. The third kappa shape index (κ3) is 11.7. The van der Waals surface area contributed by atoms with Gasteiger partial charge in [-0.2, -0.15) is 0 Å². The van der Waals surface area contributed by atoms with E-state index in [0.29, 0.717) is 12.8 Å². The van der Waals surface area contributed by atoms with Gasteiger partial charge in [0, 0.05) is 6.42 Å². The van der Waals surface area contributed by atoms with Crippen LogP contribution in [0.15, 0.2) is 30.3 Å². The molecule has 1 aromatic carbocycles. The molecule has 0 bridgehead atoms. The molecule has 0 heterocycles. The number of carbonyl (C=O) groups is 4. The number of benzene rings is 1. The van der Waals surface area contributed by atoms with Crippen LogP contribution in [-0.4, -0.2) is 53.0 Å². The fourth-order valence-corrected chi connectivity index (χ4v) is 3.89. The van der Waals surface area contributed by atoms with Gasteiger partial charge in [0.1, 0.15) is 18.1 Å². The molecule has 0 spiro atoms. The van der Waals surface area contributed by atoms with Gasteiger partial charge in [-0.25, -0.2) is 4.79 Å². The van der Waals surface area contributed by atoms with E-state index in [2.05, 4.69) is 16.0 Å². The van der Waals surface area contributed by atoms with Gasteiger partial charge in [0.2, 0.25) is 17.7 Å². The number of carboxylic acids is 1. The Labute approximate surface area is 215 Å². The Hall–Kier alpha value is -2.94. The third-order valence-electron chi connectivity index (χ3n) is 5.64. The summed E-state index contributed by atoms with van der Waals surface area (Å²) >= 11 is 0. The Balaban J connectivity index is 3.11. The smallest absolute Gasteiger partial charge is 0.326 e.